The summed E-state index contributed by atoms with van der Waals surface area (Å²) >= 11 is 0. The Morgan fingerprint density at radius 1 is 0.917 bits per heavy atom. The van der Waals surface area contributed by atoms with E-state index >= 15 is 0 Å². The number of rotatable bonds is 10. The molecule has 1 aromatic rings. The van der Waals surface area contributed by atoms with Gasteiger partial charge in [0.15, 0.2) is 5.78 Å². The lowest BCUT2D eigenvalue weighted by molar-refractivity contribution is -0.123. The summed E-state index contributed by atoms with van der Waals surface area (Å²) in [7, 11) is 0. The van der Waals surface area contributed by atoms with Gasteiger partial charge in [0, 0.05) is 30.6 Å². The van der Waals surface area contributed by atoms with Crippen LogP contribution >= 0.6 is 0 Å². The van der Waals surface area contributed by atoms with Crippen LogP contribution in [0.2, 0.25) is 0 Å². The van der Waals surface area contributed by atoms with Crippen LogP contribution in [0.5, 0.6) is 0 Å². The highest BCUT2D eigenvalue weighted by atomic mass is 19.1. The van der Waals surface area contributed by atoms with Crippen molar-refractivity contribution >= 4 is 11.7 Å². The first-order valence-corrected chi connectivity index (χ1v) is 14.4. The molecule has 0 aromatic heterocycles. The summed E-state index contributed by atoms with van der Waals surface area (Å²) in [5.41, 5.74) is 0.632. The highest BCUT2D eigenvalue weighted by Crippen LogP contribution is 2.30. The van der Waals surface area contributed by atoms with Gasteiger partial charge in [-0.05, 0) is 133 Å². The average molecular weight is 501 g/mol. The van der Waals surface area contributed by atoms with E-state index in [1.54, 1.807) is 12.1 Å². The Morgan fingerprint density at radius 3 is 2.19 bits per heavy atom. The van der Waals surface area contributed by atoms with E-state index in [1.165, 1.54) is 31.4 Å². The van der Waals surface area contributed by atoms with Crippen LogP contribution in [-0.4, -0.2) is 55.0 Å². The fraction of sp³-hybridized carbons (Fsp3) is 0.733. The maximum absolute atomic E-state index is 13.1. The molecule has 0 bridgehead atoms. The van der Waals surface area contributed by atoms with Crippen LogP contribution in [0.15, 0.2) is 24.3 Å². The van der Waals surface area contributed by atoms with Crippen molar-refractivity contribution < 1.29 is 18.7 Å². The number of piperidine rings is 1. The summed E-state index contributed by atoms with van der Waals surface area (Å²) < 4.78 is 18.9. The van der Waals surface area contributed by atoms with Crippen molar-refractivity contribution in [2.45, 2.75) is 96.1 Å². The van der Waals surface area contributed by atoms with Crippen LogP contribution in [0.3, 0.4) is 0 Å². The number of Topliss-reactive ketones (excluding diaryl/α,β-unsaturated/α-hetero) is 1. The zero-order chi connectivity index (χ0) is 25.3. The molecule has 4 rings (SSSR count). The van der Waals surface area contributed by atoms with Crippen LogP contribution in [-0.2, 0) is 9.53 Å². The topological polar surface area (TPSA) is 58.6 Å². The third kappa shape index (κ3) is 8.11. The molecule has 1 aliphatic heterocycles. The number of hydrogen-bond donors (Lipinski definition) is 1. The summed E-state index contributed by atoms with van der Waals surface area (Å²) in [5.74, 6) is 1.43. The number of nitrogens with one attached hydrogen (secondary N) is 1. The van der Waals surface area contributed by atoms with Gasteiger partial charge in [-0.3, -0.25) is 9.59 Å². The van der Waals surface area contributed by atoms with Gasteiger partial charge in [0.05, 0.1) is 6.10 Å². The Balaban J connectivity index is 1.07. The van der Waals surface area contributed by atoms with Gasteiger partial charge < -0.3 is 15.0 Å². The number of nitrogens with zero attached hydrogens (tertiary/aromatic N) is 1. The molecule has 1 N–H and O–H groups in total. The van der Waals surface area contributed by atoms with Crippen molar-refractivity contribution in [2.24, 2.45) is 17.8 Å². The normalized spacial score (nSPS) is 28.1. The van der Waals surface area contributed by atoms with E-state index in [0.29, 0.717) is 30.0 Å². The molecular weight excluding hydrogens is 455 g/mol. The Hall–Kier alpha value is -1.79. The molecule has 36 heavy (non-hydrogen) atoms. The summed E-state index contributed by atoms with van der Waals surface area (Å²) in [6, 6.07) is 6.31. The standard InChI is InChI=1S/C30H45FN2O3/c1-2-36-28-13-5-23(6-14-28)21-29(34)32-27-11-3-22(4-12-27)15-18-33-19-16-25(17-20-33)30(35)24-7-9-26(31)10-8-24/h7-10,22-23,25,27-28H,2-6,11-21H2,1H3,(H,32,34)/t22-,23?,27-,28?. The van der Waals surface area contributed by atoms with Crippen molar-refractivity contribution in [1.29, 1.82) is 0 Å². The molecule has 1 heterocycles. The van der Waals surface area contributed by atoms with Gasteiger partial charge in [0.2, 0.25) is 5.91 Å². The number of carbonyl (C=O) groups excluding carboxylic acids is 2. The molecule has 0 radical (unpaired) electrons. The fourth-order valence-corrected chi connectivity index (χ4v) is 6.52. The Morgan fingerprint density at radius 2 is 1.56 bits per heavy atom. The van der Waals surface area contributed by atoms with Gasteiger partial charge in [-0.2, -0.15) is 0 Å². The first kappa shape index (κ1) is 27.3. The van der Waals surface area contributed by atoms with Gasteiger partial charge in [0.25, 0.3) is 0 Å². The molecule has 0 spiro atoms. The zero-order valence-electron chi connectivity index (χ0n) is 22.1. The van der Waals surface area contributed by atoms with Gasteiger partial charge in [0.1, 0.15) is 5.82 Å². The van der Waals surface area contributed by atoms with Crippen molar-refractivity contribution in [3.05, 3.63) is 35.6 Å². The van der Waals surface area contributed by atoms with E-state index in [0.717, 1.165) is 83.5 Å². The molecule has 1 saturated heterocycles. The molecule has 6 heteroatoms. The Labute approximate surface area is 216 Å². The molecular formula is C30H45FN2O3. The van der Waals surface area contributed by atoms with Crippen molar-refractivity contribution in [3.63, 3.8) is 0 Å². The fourth-order valence-electron chi connectivity index (χ4n) is 6.52. The Kier molecular flexibility index (Phi) is 10.3. The smallest absolute Gasteiger partial charge is 0.220 e. The van der Waals surface area contributed by atoms with Gasteiger partial charge >= 0.3 is 0 Å². The largest absolute Gasteiger partial charge is 0.379 e. The first-order valence-electron chi connectivity index (χ1n) is 14.4. The highest BCUT2D eigenvalue weighted by molar-refractivity contribution is 5.97. The molecule has 0 unspecified atom stereocenters. The molecule has 5 nitrogen and oxygen atoms in total. The van der Waals surface area contributed by atoms with E-state index in [4.69, 9.17) is 4.74 Å². The number of likely N-dealkylation sites (tertiary alicyclic amines) is 1. The van der Waals surface area contributed by atoms with Crippen LogP contribution < -0.4 is 5.32 Å². The molecule has 3 fully saturated rings. The van der Waals surface area contributed by atoms with Gasteiger partial charge in [-0.15, -0.1) is 0 Å². The predicted molar refractivity (Wildman–Crippen MR) is 140 cm³/mol. The van der Waals surface area contributed by atoms with Crippen LogP contribution in [0.1, 0.15) is 94.3 Å². The summed E-state index contributed by atoms with van der Waals surface area (Å²) in [6.07, 6.45) is 13.1. The number of amides is 1. The van der Waals surface area contributed by atoms with Crippen molar-refractivity contribution in [2.75, 3.05) is 26.2 Å². The third-order valence-corrected chi connectivity index (χ3v) is 8.82. The van der Waals surface area contributed by atoms with E-state index in [2.05, 4.69) is 17.1 Å². The number of halogens is 1. The number of carbonyl (C=O) groups is 2. The molecule has 2 aliphatic carbocycles. The molecule has 1 amide bonds. The van der Waals surface area contributed by atoms with Gasteiger partial charge in [-0.25, -0.2) is 4.39 Å². The SMILES string of the molecule is CCOC1CCC(CC(=O)N[C@H]2CC[C@H](CCN3CCC(C(=O)c4ccc(F)cc4)CC3)CC2)CC1. The van der Waals surface area contributed by atoms with E-state index < -0.39 is 0 Å². The van der Waals surface area contributed by atoms with Crippen LogP contribution in [0, 0.1) is 23.6 Å². The van der Waals surface area contributed by atoms with E-state index in [-0.39, 0.29) is 23.4 Å². The second-order valence-electron chi connectivity index (χ2n) is 11.4. The number of ether oxygens (including phenoxy) is 1. The molecule has 200 valence electrons. The lowest BCUT2D eigenvalue weighted by Gasteiger charge is -2.34. The molecule has 3 aliphatic rings. The summed E-state index contributed by atoms with van der Waals surface area (Å²) in [5, 5.41) is 3.33. The average Bonchev–Trinajstić information content (AvgIpc) is 2.90. The lowest BCUT2D eigenvalue weighted by atomic mass is 9.83. The molecule has 0 atom stereocenters. The minimum Gasteiger partial charge on any atom is -0.379 e. The zero-order valence-corrected chi connectivity index (χ0v) is 22.1. The number of ketones is 1. The highest BCUT2D eigenvalue weighted by Gasteiger charge is 2.28. The third-order valence-electron chi connectivity index (χ3n) is 8.82. The lowest BCUT2D eigenvalue weighted by Crippen LogP contribution is -2.40. The van der Waals surface area contributed by atoms with E-state index in [9.17, 15) is 14.0 Å². The predicted octanol–water partition coefficient (Wildman–Crippen LogP) is 5.77. The van der Waals surface area contributed by atoms with E-state index in [1.807, 2.05) is 0 Å². The number of benzene rings is 1. The second-order valence-corrected chi connectivity index (χ2v) is 11.4. The first-order chi connectivity index (χ1) is 17.5. The van der Waals surface area contributed by atoms with Crippen molar-refractivity contribution in [1.82, 2.24) is 10.2 Å². The maximum atomic E-state index is 13.1. The van der Waals surface area contributed by atoms with Gasteiger partial charge in [-0.1, -0.05) is 0 Å². The summed E-state index contributed by atoms with van der Waals surface area (Å²) in [4.78, 5) is 27.8. The molecule has 2 saturated carbocycles. The van der Waals surface area contributed by atoms with Crippen LogP contribution in [0.25, 0.3) is 0 Å². The minimum atomic E-state index is -0.298. The van der Waals surface area contributed by atoms with Crippen LogP contribution in [0.4, 0.5) is 4.39 Å². The minimum absolute atomic E-state index is 0.0606. The quantitative estimate of drug-likeness (QED) is 0.414. The maximum Gasteiger partial charge on any atom is 0.220 e. The monoisotopic (exact) mass is 500 g/mol. The Bertz CT molecular complexity index is 821. The number of hydrogen-bond acceptors (Lipinski definition) is 4. The molecule has 1 aromatic carbocycles. The van der Waals surface area contributed by atoms with Crippen molar-refractivity contribution in [3.8, 4) is 0 Å². The summed E-state index contributed by atoms with van der Waals surface area (Å²) in [6.45, 7) is 5.88. The second kappa shape index (κ2) is 13.7.